The molecule has 0 radical (unpaired) electrons. The predicted octanol–water partition coefficient (Wildman–Crippen LogP) is 7.50. The fraction of sp³-hybridized carbons (Fsp3) is 0.367. The molecular formula is C30H36N6S. The average Bonchev–Trinajstić information content (AvgIpc) is 3.50. The topological polar surface area (TPSA) is 67.7 Å². The summed E-state index contributed by atoms with van der Waals surface area (Å²) in [6.45, 7) is 10.5. The number of nitrogens with zero attached hydrogens (tertiary/aromatic N) is 4. The maximum atomic E-state index is 5.01. The first kappa shape index (κ1) is 25.2. The molecule has 7 heteroatoms. The number of rotatable bonds is 6. The SMILES string of the molecule is CC(C)n1cnc2c(NCC/C3=C/NC/C=C\CC/C=C\C3(C)C)nc(-c3csc4ccccc34)nc21. The maximum Gasteiger partial charge on any atom is 0.166 e. The molecule has 5 rings (SSSR count). The Morgan fingerprint density at radius 3 is 2.81 bits per heavy atom. The first-order valence-electron chi connectivity index (χ1n) is 13.1. The predicted molar refractivity (Wildman–Crippen MR) is 157 cm³/mol. The molecule has 2 N–H and O–H groups in total. The lowest BCUT2D eigenvalue weighted by Crippen LogP contribution is -2.19. The second-order valence-electron chi connectivity index (χ2n) is 10.4. The third-order valence-electron chi connectivity index (χ3n) is 6.93. The fourth-order valence-corrected chi connectivity index (χ4v) is 5.65. The normalized spacial score (nSPS) is 19.2. The van der Waals surface area contributed by atoms with Crippen LogP contribution in [0.3, 0.4) is 0 Å². The molecule has 0 aliphatic carbocycles. The number of fused-ring (bicyclic) bond motifs is 2. The van der Waals surface area contributed by atoms with Gasteiger partial charge < -0.3 is 15.2 Å². The van der Waals surface area contributed by atoms with Gasteiger partial charge in [-0.2, -0.15) is 0 Å². The van der Waals surface area contributed by atoms with E-state index >= 15 is 0 Å². The van der Waals surface area contributed by atoms with Crippen LogP contribution in [0.25, 0.3) is 32.6 Å². The molecule has 1 aliphatic heterocycles. The molecule has 4 heterocycles. The van der Waals surface area contributed by atoms with Crippen molar-refractivity contribution in [3.05, 3.63) is 72.0 Å². The molecule has 4 aromatic rings. The van der Waals surface area contributed by atoms with Crippen LogP contribution in [0.2, 0.25) is 0 Å². The monoisotopic (exact) mass is 512 g/mol. The molecule has 0 fully saturated rings. The number of hydrogen-bond donors (Lipinski definition) is 2. The lowest BCUT2D eigenvalue weighted by Gasteiger charge is -2.25. The Labute approximate surface area is 223 Å². The van der Waals surface area contributed by atoms with Crippen molar-refractivity contribution in [2.75, 3.05) is 18.4 Å². The summed E-state index contributed by atoms with van der Waals surface area (Å²) in [5, 5.41) is 10.4. The third-order valence-corrected chi connectivity index (χ3v) is 7.89. The highest BCUT2D eigenvalue weighted by Gasteiger charge is 2.21. The van der Waals surface area contributed by atoms with Crippen LogP contribution < -0.4 is 10.6 Å². The van der Waals surface area contributed by atoms with Crippen molar-refractivity contribution in [3.8, 4) is 11.4 Å². The van der Waals surface area contributed by atoms with E-state index in [9.17, 15) is 0 Å². The quantitative estimate of drug-likeness (QED) is 0.262. The molecule has 0 atom stereocenters. The Kier molecular flexibility index (Phi) is 7.42. The van der Waals surface area contributed by atoms with E-state index in [1.165, 1.54) is 15.7 Å². The van der Waals surface area contributed by atoms with Crippen LogP contribution in [0, 0.1) is 5.41 Å². The van der Waals surface area contributed by atoms with Crippen molar-refractivity contribution in [2.24, 2.45) is 5.41 Å². The number of aromatic nitrogens is 4. The zero-order chi connectivity index (χ0) is 25.8. The first-order valence-corrected chi connectivity index (χ1v) is 14.0. The summed E-state index contributed by atoms with van der Waals surface area (Å²) in [6, 6.07) is 8.70. The highest BCUT2D eigenvalue weighted by molar-refractivity contribution is 7.17. The Morgan fingerprint density at radius 2 is 1.95 bits per heavy atom. The third kappa shape index (κ3) is 5.47. The summed E-state index contributed by atoms with van der Waals surface area (Å²) in [6.07, 6.45) is 16.2. The van der Waals surface area contributed by atoms with Gasteiger partial charge in [-0.25, -0.2) is 15.0 Å². The van der Waals surface area contributed by atoms with Gasteiger partial charge in [0, 0.05) is 45.6 Å². The van der Waals surface area contributed by atoms with Crippen LogP contribution in [0.5, 0.6) is 0 Å². The van der Waals surface area contributed by atoms with Gasteiger partial charge in [-0.3, -0.25) is 0 Å². The van der Waals surface area contributed by atoms with E-state index in [2.05, 4.69) is 103 Å². The van der Waals surface area contributed by atoms with Crippen molar-refractivity contribution < 1.29 is 0 Å². The fourth-order valence-electron chi connectivity index (χ4n) is 4.71. The zero-order valence-electron chi connectivity index (χ0n) is 22.2. The van der Waals surface area contributed by atoms with E-state index in [0.717, 1.165) is 60.7 Å². The Hall–Kier alpha value is -3.45. The van der Waals surface area contributed by atoms with Crippen LogP contribution in [-0.2, 0) is 0 Å². The van der Waals surface area contributed by atoms with Gasteiger partial charge in [-0.05, 0) is 50.9 Å². The van der Waals surface area contributed by atoms with Crippen LogP contribution >= 0.6 is 11.3 Å². The van der Waals surface area contributed by atoms with Crippen molar-refractivity contribution in [1.82, 2.24) is 24.8 Å². The number of nitrogens with one attached hydrogen (secondary N) is 2. The van der Waals surface area contributed by atoms with Crippen molar-refractivity contribution in [2.45, 2.75) is 53.0 Å². The minimum Gasteiger partial charge on any atom is -0.387 e. The van der Waals surface area contributed by atoms with Gasteiger partial charge in [0.1, 0.15) is 5.52 Å². The smallest absolute Gasteiger partial charge is 0.166 e. The summed E-state index contributed by atoms with van der Waals surface area (Å²) in [5.74, 6) is 1.52. The number of allylic oxidation sites excluding steroid dienone is 3. The van der Waals surface area contributed by atoms with E-state index in [-0.39, 0.29) is 11.5 Å². The van der Waals surface area contributed by atoms with E-state index in [4.69, 9.17) is 15.0 Å². The van der Waals surface area contributed by atoms with Gasteiger partial charge in [0.15, 0.2) is 17.3 Å². The molecule has 0 amide bonds. The van der Waals surface area contributed by atoms with E-state index in [1.54, 1.807) is 11.3 Å². The standard InChI is InChI=1S/C30H36N6S/c1-21(2)36-20-33-26-28(32-17-14-22-18-31-16-11-7-5-6-10-15-30(22,3)4)34-27(35-29(26)36)24-19-37-25-13-9-8-12-23(24)25/h7-13,15,18-21,31H,5-6,14,16-17H2,1-4H3,(H,32,34,35)/b11-7-,15-10-,22-18-. The van der Waals surface area contributed by atoms with Gasteiger partial charge >= 0.3 is 0 Å². The van der Waals surface area contributed by atoms with Crippen LogP contribution in [0.15, 0.2) is 72.0 Å². The molecule has 0 saturated carbocycles. The summed E-state index contributed by atoms with van der Waals surface area (Å²) >= 11 is 1.73. The van der Waals surface area contributed by atoms with Crippen LogP contribution in [0.1, 0.15) is 53.0 Å². The molecule has 3 aromatic heterocycles. The molecule has 0 bridgehead atoms. The van der Waals surface area contributed by atoms with Gasteiger partial charge in [-0.15, -0.1) is 11.3 Å². The summed E-state index contributed by atoms with van der Waals surface area (Å²) in [5.41, 5.74) is 4.07. The Balaban J connectivity index is 1.46. The summed E-state index contributed by atoms with van der Waals surface area (Å²) < 4.78 is 3.36. The molecule has 37 heavy (non-hydrogen) atoms. The molecule has 1 aliphatic rings. The van der Waals surface area contributed by atoms with Crippen molar-refractivity contribution in [3.63, 3.8) is 0 Å². The highest BCUT2D eigenvalue weighted by atomic mass is 32.1. The first-order chi connectivity index (χ1) is 17.9. The van der Waals surface area contributed by atoms with Gasteiger partial charge in [0.25, 0.3) is 0 Å². The molecule has 0 unspecified atom stereocenters. The second-order valence-corrected chi connectivity index (χ2v) is 11.3. The number of anilines is 1. The second kappa shape index (κ2) is 10.9. The van der Waals surface area contributed by atoms with Gasteiger partial charge in [-0.1, -0.05) is 56.4 Å². The number of hydrogen-bond acceptors (Lipinski definition) is 6. The molecule has 0 spiro atoms. The molecule has 1 aromatic carbocycles. The molecule has 192 valence electrons. The molecule has 0 saturated heterocycles. The minimum atomic E-state index is -0.0278. The Bertz CT molecular complexity index is 1470. The van der Waals surface area contributed by atoms with Crippen LogP contribution in [-0.4, -0.2) is 32.6 Å². The van der Waals surface area contributed by atoms with Crippen molar-refractivity contribution in [1.29, 1.82) is 0 Å². The minimum absolute atomic E-state index is 0.0278. The van der Waals surface area contributed by atoms with Crippen molar-refractivity contribution >= 4 is 38.4 Å². The highest BCUT2D eigenvalue weighted by Crippen LogP contribution is 2.35. The maximum absolute atomic E-state index is 5.01. The largest absolute Gasteiger partial charge is 0.387 e. The zero-order valence-corrected chi connectivity index (χ0v) is 23.0. The molecular weight excluding hydrogens is 476 g/mol. The average molecular weight is 513 g/mol. The number of thiophene rings is 1. The van der Waals surface area contributed by atoms with Gasteiger partial charge in [0.2, 0.25) is 0 Å². The number of benzene rings is 1. The Morgan fingerprint density at radius 1 is 1.11 bits per heavy atom. The summed E-state index contributed by atoms with van der Waals surface area (Å²) in [7, 11) is 0. The summed E-state index contributed by atoms with van der Waals surface area (Å²) in [4.78, 5) is 14.7. The van der Waals surface area contributed by atoms with Crippen LogP contribution in [0.4, 0.5) is 5.82 Å². The molecule has 6 nitrogen and oxygen atoms in total. The van der Waals surface area contributed by atoms with E-state index in [0.29, 0.717) is 0 Å². The van der Waals surface area contributed by atoms with E-state index in [1.807, 2.05) is 6.33 Å². The van der Waals surface area contributed by atoms with Gasteiger partial charge in [0.05, 0.1) is 6.33 Å². The lowest BCUT2D eigenvalue weighted by molar-refractivity contribution is 0.547. The number of imidazole rings is 1. The lowest BCUT2D eigenvalue weighted by atomic mass is 9.82. The van der Waals surface area contributed by atoms with E-state index < -0.39 is 0 Å².